The monoisotopic (exact) mass is 349 g/mol. The van der Waals surface area contributed by atoms with E-state index in [1.165, 1.54) is 11.3 Å². The molecule has 1 aromatic heterocycles. The van der Waals surface area contributed by atoms with Crippen LogP contribution >= 0.6 is 23.1 Å². The van der Waals surface area contributed by atoms with Crippen LogP contribution in [0.5, 0.6) is 0 Å². The SMILES string of the molecule is CSc1ccc(C(CC(=O)O)NC(=O)C(C)c2cccs2)cc1. The largest absolute Gasteiger partial charge is 0.481 e. The Bertz CT molecular complexity index is 653. The van der Waals surface area contributed by atoms with Crippen LogP contribution in [0.25, 0.3) is 0 Å². The number of carbonyl (C=O) groups excluding carboxylic acids is 1. The number of nitrogens with one attached hydrogen (secondary N) is 1. The lowest BCUT2D eigenvalue weighted by atomic mass is 10.0. The van der Waals surface area contributed by atoms with Gasteiger partial charge in [0.2, 0.25) is 5.91 Å². The number of thiophene rings is 1. The smallest absolute Gasteiger partial charge is 0.305 e. The van der Waals surface area contributed by atoms with E-state index in [1.807, 2.05) is 55.0 Å². The van der Waals surface area contributed by atoms with Crippen LogP contribution in [0, 0.1) is 0 Å². The summed E-state index contributed by atoms with van der Waals surface area (Å²) in [7, 11) is 0. The Hall–Kier alpha value is -1.79. The molecule has 0 radical (unpaired) electrons. The molecule has 2 aromatic rings. The molecule has 6 heteroatoms. The quantitative estimate of drug-likeness (QED) is 0.744. The second-order valence-electron chi connectivity index (χ2n) is 5.17. The fourth-order valence-electron chi connectivity index (χ4n) is 2.23. The van der Waals surface area contributed by atoms with Crippen molar-refractivity contribution in [3.05, 3.63) is 52.2 Å². The highest BCUT2D eigenvalue weighted by Crippen LogP contribution is 2.25. The lowest BCUT2D eigenvalue weighted by Gasteiger charge is -2.20. The fraction of sp³-hybridized carbons (Fsp3) is 0.294. The first-order chi connectivity index (χ1) is 11.0. The van der Waals surface area contributed by atoms with Gasteiger partial charge in [-0.25, -0.2) is 0 Å². The van der Waals surface area contributed by atoms with Gasteiger partial charge in [-0.15, -0.1) is 23.1 Å². The number of hydrogen-bond acceptors (Lipinski definition) is 4. The Morgan fingerprint density at radius 2 is 1.96 bits per heavy atom. The van der Waals surface area contributed by atoms with E-state index in [4.69, 9.17) is 5.11 Å². The lowest BCUT2D eigenvalue weighted by molar-refractivity contribution is -0.137. The number of carboxylic acids is 1. The van der Waals surface area contributed by atoms with E-state index in [1.54, 1.807) is 11.8 Å². The molecule has 2 N–H and O–H groups in total. The Kier molecular flexibility index (Phi) is 6.24. The average molecular weight is 349 g/mol. The maximum Gasteiger partial charge on any atom is 0.305 e. The van der Waals surface area contributed by atoms with Crippen molar-refractivity contribution in [1.29, 1.82) is 0 Å². The third-order valence-corrected chi connectivity index (χ3v) is 5.38. The molecule has 4 nitrogen and oxygen atoms in total. The van der Waals surface area contributed by atoms with Crippen molar-refractivity contribution in [2.45, 2.75) is 30.2 Å². The summed E-state index contributed by atoms with van der Waals surface area (Å²) < 4.78 is 0. The summed E-state index contributed by atoms with van der Waals surface area (Å²) in [6, 6.07) is 10.9. The van der Waals surface area contributed by atoms with Crippen LogP contribution in [0.2, 0.25) is 0 Å². The Morgan fingerprint density at radius 3 is 2.48 bits per heavy atom. The maximum absolute atomic E-state index is 12.4. The summed E-state index contributed by atoms with van der Waals surface area (Å²) in [5.74, 6) is -1.39. The molecule has 1 amide bonds. The number of carboxylic acid groups (broad SMARTS) is 1. The Balaban J connectivity index is 2.14. The second kappa shape index (κ2) is 8.17. The molecule has 2 atom stereocenters. The molecule has 2 rings (SSSR count). The molecule has 1 heterocycles. The molecule has 0 bridgehead atoms. The summed E-state index contributed by atoms with van der Waals surface area (Å²) >= 11 is 3.14. The van der Waals surface area contributed by atoms with E-state index in [9.17, 15) is 9.59 Å². The summed E-state index contributed by atoms with van der Waals surface area (Å²) in [6.07, 6.45) is 1.84. The molecule has 23 heavy (non-hydrogen) atoms. The average Bonchev–Trinajstić information content (AvgIpc) is 3.07. The van der Waals surface area contributed by atoms with E-state index >= 15 is 0 Å². The molecule has 0 saturated carbocycles. The minimum absolute atomic E-state index is 0.137. The van der Waals surface area contributed by atoms with Gasteiger partial charge in [-0.1, -0.05) is 18.2 Å². The van der Waals surface area contributed by atoms with E-state index in [2.05, 4.69) is 5.32 Å². The van der Waals surface area contributed by atoms with Crippen molar-refractivity contribution in [1.82, 2.24) is 5.32 Å². The van der Waals surface area contributed by atoms with Crippen molar-refractivity contribution in [2.24, 2.45) is 0 Å². The number of benzene rings is 1. The zero-order valence-corrected chi connectivity index (χ0v) is 14.6. The number of aliphatic carboxylic acids is 1. The normalized spacial score (nSPS) is 13.3. The van der Waals surface area contributed by atoms with Crippen LogP contribution in [-0.4, -0.2) is 23.2 Å². The first-order valence-corrected chi connectivity index (χ1v) is 9.31. The highest BCUT2D eigenvalue weighted by Gasteiger charge is 2.22. The van der Waals surface area contributed by atoms with Crippen molar-refractivity contribution >= 4 is 35.0 Å². The van der Waals surface area contributed by atoms with Gasteiger partial charge in [0.05, 0.1) is 18.4 Å². The zero-order valence-electron chi connectivity index (χ0n) is 13.0. The molecule has 0 aliphatic heterocycles. The minimum Gasteiger partial charge on any atom is -0.481 e. The van der Waals surface area contributed by atoms with E-state index in [0.717, 1.165) is 15.3 Å². The standard InChI is InChI=1S/C17H19NO3S2/c1-11(15-4-3-9-23-15)17(21)18-14(10-16(19)20)12-5-7-13(22-2)8-6-12/h3-9,11,14H,10H2,1-2H3,(H,18,21)(H,19,20). The fourth-order valence-corrected chi connectivity index (χ4v) is 3.42. The molecular weight excluding hydrogens is 330 g/mol. The van der Waals surface area contributed by atoms with Crippen LogP contribution in [-0.2, 0) is 9.59 Å². The van der Waals surface area contributed by atoms with E-state index in [-0.39, 0.29) is 18.2 Å². The van der Waals surface area contributed by atoms with Gasteiger partial charge < -0.3 is 10.4 Å². The van der Waals surface area contributed by atoms with Crippen molar-refractivity contribution in [3.8, 4) is 0 Å². The van der Waals surface area contributed by atoms with E-state index in [0.29, 0.717) is 0 Å². The summed E-state index contributed by atoms with van der Waals surface area (Å²) in [5, 5.41) is 13.9. The van der Waals surface area contributed by atoms with Crippen LogP contribution in [0.1, 0.15) is 35.7 Å². The molecule has 0 fully saturated rings. The predicted molar refractivity (Wildman–Crippen MR) is 94.1 cm³/mol. The molecule has 0 aliphatic rings. The van der Waals surface area contributed by atoms with Crippen molar-refractivity contribution < 1.29 is 14.7 Å². The first kappa shape index (κ1) is 17.6. The summed E-state index contributed by atoms with van der Waals surface area (Å²) in [4.78, 5) is 25.6. The third-order valence-electron chi connectivity index (χ3n) is 3.58. The van der Waals surface area contributed by atoms with Crippen LogP contribution < -0.4 is 5.32 Å². The molecule has 2 unspecified atom stereocenters. The lowest BCUT2D eigenvalue weighted by Crippen LogP contribution is -2.33. The van der Waals surface area contributed by atoms with Gasteiger partial charge in [-0.3, -0.25) is 9.59 Å². The van der Waals surface area contributed by atoms with Crippen LogP contribution in [0.4, 0.5) is 0 Å². The molecule has 0 saturated heterocycles. The highest BCUT2D eigenvalue weighted by molar-refractivity contribution is 7.98. The Labute approximate surface area is 143 Å². The number of carbonyl (C=O) groups is 2. The van der Waals surface area contributed by atoms with Crippen molar-refractivity contribution in [3.63, 3.8) is 0 Å². The van der Waals surface area contributed by atoms with Crippen LogP contribution in [0.3, 0.4) is 0 Å². The van der Waals surface area contributed by atoms with Gasteiger partial charge in [0.25, 0.3) is 0 Å². The third kappa shape index (κ3) is 4.84. The highest BCUT2D eigenvalue weighted by atomic mass is 32.2. The zero-order chi connectivity index (χ0) is 16.8. The number of amides is 1. The number of rotatable bonds is 7. The van der Waals surface area contributed by atoms with Gasteiger partial charge in [0.1, 0.15) is 0 Å². The Morgan fingerprint density at radius 1 is 1.26 bits per heavy atom. The summed E-state index contributed by atoms with van der Waals surface area (Å²) in [6.45, 7) is 1.83. The number of hydrogen-bond donors (Lipinski definition) is 2. The molecule has 0 spiro atoms. The second-order valence-corrected chi connectivity index (χ2v) is 7.03. The minimum atomic E-state index is -0.937. The molecular formula is C17H19NO3S2. The van der Waals surface area contributed by atoms with Gasteiger partial charge in [0, 0.05) is 9.77 Å². The van der Waals surface area contributed by atoms with Gasteiger partial charge in [0.15, 0.2) is 0 Å². The van der Waals surface area contributed by atoms with Gasteiger partial charge in [-0.2, -0.15) is 0 Å². The topological polar surface area (TPSA) is 66.4 Å². The molecule has 0 aliphatic carbocycles. The maximum atomic E-state index is 12.4. The van der Waals surface area contributed by atoms with Gasteiger partial charge >= 0.3 is 5.97 Å². The van der Waals surface area contributed by atoms with Crippen molar-refractivity contribution in [2.75, 3.05) is 6.26 Å². The number of thioether (sulfide) groups is 1. The van der Waals surface area contributed by atoms with E-state index < -0.39 is 12.0 Å². The molecule has 122 valence electrons. The van der Waals surface area contributed by atoms with Gasteiger partial charge in [-0.05, 0) is 42.3 Å². The first-order valence-electron chi connectivity index (χ1n) is 7.20. The molecule has 1 aromatic carbocycles. The predicted octanol–water partition coefficient (Wildman–Crippen LogP) is 3.91. The summed E-state index contributed by atoms with van der Waals surface area (Å²) in [5.41, 5.74) is 0.803. The van der Waals surface area contributed by atoms with Crippen LogP contribution in [0.15, 0.2) is 46.7 Å².